The summed E-state index contributed by atoms with van der Waals surface area (Å²) < 4.78 is 11.8. The summed E-state index contributed by atoms with van der Waals surface area (Å²) in [5.41, 5.74) is 1.48. The van der Waals surface area contributed by atoms with Crippen molar-refractivity contribution in [2.45, 2.75) is 38.7 Å². The summed E-state index contributed by atoms with van der Waals surface area (Å²) >= 11 is 0. The molecular formula is C21H23NO3. The van der Waals surface area contributed by atoms with Crippen molar-refractivity contribution >= 4 is 11.9 Å². The van der Waals surface area contributed by atoms with Crippen molar-refractivity contribution in [3.05, 3.63) is 59.9 Å². The molecule has 0 saturated heterocycles. The molecule has 1 aromatic carbocycles. The first-order chi connectivity index (χ1) is 12.3. The zero-order valence-electron chi connectivity index (χ0n) is 14.5. The number of aromatic nitrogens is 1. The molecule has 2 aromatic rings. The number of pyridine rings is 1. The van der Waals surface area contributed by atoms with Gasteiger partial charge in [0, 0.05) is 18.0 Å². The van der Waals surface area contributed by atoms with E-state index in [4.69, 9.17) is 9.47 Å². The van der Waals surface area contributed by atoms with Crippen molar-refractivity contribution in [1.82, 2.24) is 4.98 Å². The number of ketones is 1. The SMILES string of the molecule is CCOc1cc(/C=C/C(=O)c2cccnc2)ccc1OC1CCCC1. The second kappa shape index (κ2) is 8.47. The van der Waals surface area contributed by atoms with Gasteiger partial charge in [-0.05, 0) is 68.5 Å². The van der Waals surface area contributed by atoms with Gasteiger partial charge in [0.05, 0.1) is 12.7 Å². The highest BCUT2D eigenvalue weighted by molar-refractivity contribution is 6.06. The third kappa shape index (κ3) is 4.69. The Bertz CT molecular complexity index is 734. The number of rotatable bonds is 7. The van der Waals surface area contributed by atoms with Gasteiger partial charge in [0.25, 0.3) is 0 Å². The first-order valence-corrected chi connectivity index (χ1v) is 8.82. The summed E-state index contributed by atoms with van der Waals surface area (Å²) in [5, 5.41) is 0. The molecule has 0 atom stereocenters. The van der Waals surface area contributed by atoms with Gasteiger partial charge in [0.1, 0.15) is 0 Å². The fourth-order valence-corrected chi connectivity index (χ4v) is 2.96. The first kappa shape index (κ1) is 17.2. The normalized spacial score (nSPS) is 14.8. The lowest BCUT2D eigenvalue weighted by atomic mass is 10.1. The number of benzene rings is 1. The first-order valence-electron chi connectivity index (χ1n) is 8.82. The highest BCUT2D eigenvalue weighted by atomic mass is 16.5. The van der Waals surface area contributed by atoms with Crippen LogP contribution in [-0.2, 0) is 0 Å². The smallest absolute Gasteiger partial charge is 0.187 e. The fourth-order valence-electron chi connectivity index (χ4n) is 2.96. The Hall–Kier alpha value is -2.62. The zero-order valence-corrected chi connectivity index (χ0v) is 14.5. The van der Waals surface area contributed by atoms with Crippen molar-refractivity contribution in [3.8, 4) is 11.5 Å². The van der Waals surface area contributed by atoms with Crippen molar-refractivity contribution in [3.63, 3.8) is 0 Å². The van der Waals surface area contributed by atoms with E-state index in [2.05, 4.69) is 4.98 Å². The fraction of sp³-hybridized carbons (Fsp3) is 0.333. The van der Waals surface area contributed by atoms with E-state index in [9.17, 15) is 4.79 Å². The predicted octanol–water partition coefficient (Wildman–Crippen LogP) is 4.70. The highest BCUT2D eigenvalue weighted by Gasteiger charge is 2.18. The molecule has 1 aliphatic carbocycles. The Morgan fingerprint density at radius 2 is 2.08 bits per heavy atom. The predicted molar refractivity (Wildman–Crippen MR) is 98.1 cm³/mol. The van der Waals surface area contributed by atoms with E-state index in [0.717, 1.165) is 29.9 Å². The molecule has 3 rings (SSSR count). The third-order valence-corrected chi connectivity index (χ3v) is 4.24. The van der Waals surface area contributed by atoms with Crippen LogP contribution < -0.4 is 9.47 Å². The third-order valence-electron chi connectivity index (χ3n) is 4.24. The van der Waals surface area contributed by atoms with Gasteiger partial charge in [-0.1, -0.05) is 12.1 Å². The number of nitrogens with zero attached hydrogens (tertiary/aromatic N) is 1. The molecule has 0 N–H and O–H groups in total. The minimum absolute atomic E-state index is 0.0719. The Morgan fingerprint density at radius 3 is 2.80 bits per heavy atom. The number of carbonyl (C=O) groups excluding carboxylic acids is 1. The number of ether oxygens (including phenoxy) is 2. The van der Waals surface area contributed by atoms with Gasteiger partial charge < -0.3 is 9.47 Å². The van der Waals surface area contributed by atoms with Crippen LogP contribution in [0.25, 0.3) is 6.08 Å². The molecule has 0 spiro atoms. The van der Waals surface area contributed by atoms with E-state index in [1.54, 1.807) is 36.7 Å². The largest absolute Gasteiger partial charge is 0.490 e. The van der Waals surface area contributed by atoms with Gasteiger partial charge in [-0.2, -0.15) is 0 Å². The molecule has 25 heavy (non-hydrogen) atoms. The summed E-state index contributed by atoms with van der Waals surface area (Å²) in [4.78, 5) is 16.1. The summed E-state index contributed by atoms with van der Waals surface area (Å²) in [6, 6.07) is 9.30. The lowest BCUT2D eigenvalue weighted by molar-refractivity contribution is 0.104. The van der Waals surface area contributed by atoms with Crippen LogP contribution in [0.4, 0.5) is 0 Å². The Kier molecular flexibility index (Phi) is 5.83. The average Bonchev–Trinajstić information content (AvgIpc) is 3.15. The monoisotopic (exact) mass is 337 g/mol. The minimum Gasteiger partial charge on any atom is -0.490 e. The van der Waals surface area contributed by atoms with Gasteiger partial charge in [-0.15, -0.1) is 0 Å². The lowest BCUT2D eigenvalue weighted by Gasteiger charge is -2.17. The average molecular weight is 337 g/mol. The number of allylic oxidation sites excluding steroid dienone is 1. The number of carbonyl (C=O) groups is 1. The number of hydrogen-bond acceptors (Lipinski definition) is 4. The maximum atomic E-state index is 12.1. The van der Waals surface area contributed by atoms with Crippen LogP contribution in [0, 0.1) is 0 Å². The zero-order chi connectivity index (χ0) is 17.5. The van der Waals surface area contributed by atoms with Crippen LogP contribution in [0.15, 0.2) is 48.8 Å². The summed E-state index contributed by atoms with van der Waals surface area (Å²) in [5.74, 6) is 1.44. The molecule has 0 aliphatic heterocycles. The van der Waals surface area contributed by atoms with Crippen molar-refractivity contribution < 1.29 is 14.3 Å². The molecule has 0 amide bonds. The van der Waals surface area contributed by atoms with E-state index >= 15 is 0 Å². The molecule has 1 aromatic heterocycles. The molecule has 1 saturated carbocycles. The van der Waals surface area contributed by atoms with Gasteiger partial charge in [0.15, 0.2) is 17.3 Å². The van der Waals surface area contributed by atoms with Crippen molar-refractivity contribution in [2.24, 2.45) is 0 Å². The maximum absolute atomic E-state index is 12.1. The highest BCUT2D eigenvalue weighted by Crippen LogP contribution is 2.33. The lowest BCUT2D eigenvalue weighted by Crippen LogP contribution is -2.11. The standard InChI is InChI=1S/C21H23NO3/c1-2-24-21-14-16(9-11-19(23)17-6-5-13-22-15-17)10-12-20(21)25-18-7-3-4-8-18/h5-6,9-15,18H,2-4,7-8H2,1H3/b11-9+. The van der Waals surface area contributed by atoms with E-state index in [-0.39, 0.29) is 11.9 Å². The second-order valence-electron chi connectivity index (χ2n) is 6.10. The maximum Gasteiger partial charge on any atom is 0.187 e. The molecule has 4 nitrogen and oxygen atoms in total. The van der Waals surface area contributed by atoms with Gasteiger partial charge in [-0.25, -0.2) is 0 Å². The quantitative estimate of drug-likeness (QED) is 0.543. The van der Waals surface area contributed by atoms with Crippen LogP contribution in [0.2, 0.25) is 0 Å². The van der Waals surface area contributed by atoms with E-state index in [0.29, 0.717) is 12.2 Å². The van der Waals surface area contributed by atoms with E-state index in [1.165, 1.54) is 12.8 Å². The topological polar surface area (TPSA) is 48.4 Å². The van der Waals surface area contributed by atoms with E-state index < -0.39 is 0 Å². The van der Waals surface area contributed by atoms with Crippen LogP contribution in [0.3, 0.4) is 0 Å². The molecule has 1 heterocycles. The van der Waals surface area contributed by atoms with Crippen molar-refractivity contribution in [1.29, 1.82) is 0 Å². The van der Waals surface area contributed by atoms with Crippen LogP contribution in [0.5, 0.6) is 11.5 Å². The van der Waals surface area contributed by atoms with Crippen molar-refractivity contribution in [2.75, 3.05) is 6.61 Å². The molecule has 0 bridgehead atoms. The Morgan fingerprint density at radius 1 is 1.24 bits per heavy atom. The minimum atomic E-state index is -0.0719. The molecular weight excluding hydrogens is 314 g/mol. The van der Waals surface area contributed by atoms with Crippen LogP contribution >= 0.6 is 0 Å². The molecule has 0 radical (unpaired) electrons. The van der Waals surface area contributed by atoms with Gasteiger partial charge in [0.2, 0.25) is 0 Å². The van der Waals surface area contributed by atoms with Gasteiger partial charge in [-0.3, -0.25) is 9.78 Å². The van der Waals surface area contributed by atoms with Crippen LogP contribution in [0.1, 0.15) is 48.5 Å². The summed E-state index contributed by atoms with van der Waals surface area (Å²) in [6.45, 7) is 2.52. The van der Waals surface area contributed by atoms with Gasteiger partial charge >= 0.3 is 0 Å². The molecule has 1 aliphatic rings. The molecule has 4 heteroatoms. The Balaban J connectivity index is 1.74. The number of hydrogen-bond donors (Lipinski definition) is 0. The summed E-state index contributed by atoms with van der Waals surface area (Å²) in [7, 11) is 0. The molecule has 1 fully saturated rings. The van der Waals surface area contributed by atoms with Crippen LogP contribution in [-0.4, -0.2) is 23.5 Å². The van der Waals surface area contributed by atoms with E-state index in [1.807, 2.05) is 25.1 Å². The Labute approximate surface area is 148 Å². The molecule has 130 valence electrons. The summed E-state index contributed by atoms with van der Waals surface area (Å²) in [6.07, 6.45) is 11.5. The second-order valence-corrected chi connectivity index (χ2v) is 6.10. The molecule has 0 unspecified atom stereocenters.